The molecule has 0 fully saturated rings. The second-order valence-corrected chi connectivity index (χ2v) is 5.26. The van der Waals surface area contributed by atoms with Gasteiger partial charge in [0.2, 0.25) is 0 Å². The van der Waals surface area contributed by atoms with Gasteiger partial charge in [-0.2, -0.15) is 0 Å². The van der Waals surface area contributed by atoms with Crippen molar-refractivity contribution in [3.8, 4) is 0 Å². The number of benzene rings is 2. The summed E-state index contributed by atoms with van der Waals surface area (Å²) in [6.45, 7) is 5.76. The van der Waals surface area contributed by atoms with Crippen LogP contribution in [0.5, 0.6) is 0 Å². The van der Waals surface area contributed by atoms with E-state index in [1.54, 1.807) is 7.05 Å². The topological polar surface area (TPSA) is 36.4 Å². The van der Waals surface area contributed by atoms with E-state index in [0.717, 1.165) is 19.0 Å². The van der Waals surface area contributed by atoms with Crippen LogP contribution in [0.3, 0.4) is 0 Å². The molecule has 0 unspecified atom stereocenters. The van der Waals surface area contributed by atoms with E-state index in [-0.39, 0.29) is 24.0 Å². The normalized spacial score (nSPS) is 9.59. The first-order chi connectivity index (χ1) is 10.2. The van der Waals surface area contributed by atoms with Gasteiger partial charge in [-0.15, -0.1) is 24.0 Å². The Hall–Kier alpha value is -1.56. The number of nitrogens with zero attached hydrogens (tertiary/aromatic N) is 1. The fourth-order valence-corrected chi connectivity index (χ4v) is 2.24. The molecule has 0 spiro atoms. The number of aryl methyl sites for hydroxylation is 2. The molecular formula is C18H24IN3. The van der Waals surface area contributed by atoms with Crippen molar-refractivity contribution in [3.05, 3.63) is 70.8 Å². The van der Waals surface area contributed by atoms with E-state index in [0.29, 0.717) is 0 Å². The summed E-state index contributed by atoms with van der Waals surface area (Å²) in [7, 11) is 1.79. The quantitative estimate of drug-likeness (QED) is 0.458. The third-order valence-electron chi connectivity index (χ3n) is 3.31. The van der Waals surface area contributed by atoms with Crippen LogP contribution in [0.15, 0.2) is 53.5 Å². The van der Waals surface area contributed by atoms with Crippen LogP contribution in [0, 0.1) is 13.8 Å². The molecule has 2 rings (SSSR count). The molecule has 0 aromatic heterocycles. The summed E-state index contributed by atoms with van der Waals surface area (Å²) in [5.41, 5.74) is 5.07. The maximum Gasteiger partial charge on any atom is 0.191 e. The molecule has 2 aromatic rings. The smallest absolute Gasteiger partial charge is 0.191 e. The Balaban J connectivity index is 0.00000242. The zero-order valence-corrected chi connectivity index (χ0v) is 15.7. The number of rotatable bonds is 4. The highest BCUT2D eigenvalue weighted by molar-refractivity contribution is 14.0. The zero-order valence-electron chi connectivity index (χ0n) is 13.4. The lowest BCUT2D eigenvalue weighted by Crippen LogP contribution is -2.36. The number of nitrogens with one attached hydrogen (secondary N) is 2. The molecule has 0 aliphatic rings. The maximum absolute atomic E-state index is 4.26. The van der Waals surface area contributed by atoms with Crippen molar-refractivity contribution in [3.63, 3.8) is 0 Å². The van der Waals surface area contributed by atoms with Crippen molar-refractivity contribution < 1.29 is 0 Å². The van der Waals surface area contributed by atoms with Crippen molar-refractivity contribution in [1.82, 2.24) is 10.6 Å². The molecule has 118 valence electrons. The lowest BCUT2D eigenvalue weighted by molar-refractivity contribution is 0.808. The molecule has 0 aliphatic carbocycles. The lowest BCUT2D eigenvalue weighted by Gasteiger charge is -2.12. The number of aliphatic imine (C=N–C) groups is 1. The summed E-state index contributed by atoms with van der Waals surface area (Å²) in [6.07, 6.45) is 0. The van der Waals surface area contributed by atoms with Crippen molar-refractivity contribution >= 4 is 29.9 Å². The fourth-order valence-electron chi connectivity index (χ4n) is 2.24. The molecule has 0 atom stereocenters. The predicted octanol–water partition coefficient (Wildman–Crippen LogP) is 3.79. The molecule has 22 heavy (non-hydrogen) atoms. The number of guanidine groups is 1. The standard InChI is InChI=1S/C18H23N3.HI/c1-14-6-4-8-16(10-14)12-20-18(19-3)21-13-17-9-5-7-15(2)11-17;/h4-11H,12-13H2,1-3H3,(H2,19,20,21);1H. The highest BCUT2D eigenvalue weighted by Gasteiger charge is 1.99. The predicted molar refractivity (Wildman–Crippen MR) is 105 cm³/mol. The van der Waals surface area contributed by atoms with E-state index in [4.69, 9.17) is 0 Å². The molecule has 0 radical (unpaired) electrons. The van der Waals surface area contributed by atoms with Gasteiger partial charge in [0.15, 0.2) is 5.96 Å². The molecule has 0 aliphatic heterocycles. The second kappa shape index (κ2) is 9.46. The van der Waals surface area contributed by atoms with E-state index in [1.165, 1.54) is 22.3 Å². The minimum atomic E-state index is 0. The summed E-state index contributed by atoms with van der Waals surface area (Å²) in [6, 6.07) is 17.0. The Morgan fingerprint density at radius 2 is 1.32 bits per heavy atom. The average molecular weight is 409 g/mol. The van der Waals surface area contributed by atoms with Crippen LogP contribution in [0.1, 0.15) is 22.3 Å². The van der Waals surface area contributed by atoms with Gasteiger partial charge in [0.1, 0.15) is 0 Å². The molecule has 3 nitrogen and oxygen atoms in total. The molecule has 0 saturated heterocycles. The highest BCUT2D eigenvalue weighted by Crippen LogP contribution is 2.04. The number of hydrogen-bond donors (Lipinski definition) is 2. The van der Waals surface area contributed by atoms with Gasteiger partial charge in [0.25, 0.3) is 0 Å². The third kappa shape index (κ3) is 6.05. The molecule has 4 heteroatoms. The Labute approximate surface area is 150 Å². The first kappa shape index (κ1) is 18.5. The van der Waals surface area contributed by atoms with Crippen molar-refractivity contribution in [2.45, 2.75) is 26.9 Å². The lowest BCUT2D eigenvalue weighted by atomic mass is 10.1. The van der Waals surface area contributed by atoms with Crippen LogP contribution in [-0.2, 0) is 13.1 Å². The van der Waals surface area contributed by atoms with Gasteiger partial charge in [0.05, 0.1) is 0 Å². The monoisotopic (exact) mass is 409 g/mol. The van der Waals surface area contributed by atoms with E-state index in [9.17, 15) is 0 Å². The molecule has 0 saturated carbocycles. The van der Waals surface area contributed by atoms with Crippen LogP contribution < -0.4 is 10.6 Å². The van der Waals surface area contributed by atoms with Crippen molar-refractivity contribution in [2.75, 3.05) is 7.05 Å². The molecule has 2 aromatic carbocycles. The summed E-state index contributed by atoms with van der Waals surface area (Å²) < 4.78 is 0. The van der Waals surface area contributed by atoms with Crippen molar-refractivity contribution in [2.24, 2.45) is 4.99 Å². The molecule has 2 N–H and O–H groups in total. The Morgan fingerprint density at radius 1 is 0.864 bits per heavy atom. The largest absolute Gasteiger partial charge is 0.352 e. The first-order valence-corrected chi connectivity index (χ1v) is 7.23. The summed E-state index contributed by atoms with van der Waals surface area (Å²) >= 11 is 0. The molecule has 0 heterocycles. The summed E-state index contributed by atoms with van der Waals surface area (Å²) in [5.74, 6) is 0.818. The van der Waals surface area contributed by atoms with Gasteiger partial charge in [-0.1, -0.05) is 59.7 Å². The molecular weight excluding hydrogens is 385 g/mol. The third-order valence-corrected chi connectivity index (χ3v) is 3.31. The Bertz CT molecular complexity index is 572. The van der Waals surface area contributed by atoms with Gasteiger partial charge in [-0.05, 0) is 25.0 Å². The van der Waals surface area contributed by atoms with Gasteiger partial charge in [-0.25, -0.2) is 0 Å². The first-order valence-electron chi connectivity index (χ1n) is 7.23. The number of halogens is 1. The summed E-state index contributed by atoms with van der Waals surface area (Å²) in [4.78, 5) is 4.26. The van der Waals surface area contributed by atoms with E-state index in [1.807, 2.05) is 0 Å². The average Bonchev–Trinajstić information content (AvgIpc) is 2.47. The zero-order chi connectivity index (χ0) is 15.1. The summed E-state index contributed by atoms with van der Waals surface area (Å²) in [5, 5.41) is 6.67. The van der Waals surface area contributed by atoms with Gasteiger partial charge in [0, 0.05) is 20.1 Å². The van der Waals surface area contributed by atoms with Crippen LogP contribution in [-0.4, -0.2) is 13.0 Å². The minimum absolute atomic E-state index is 0. The van der Waals surface area contributed by atoms with Crippen LogP contribution in [0.4, 0.5) is 0 Å². The molecule has 0 amide bonds. The molecule has 0 bridgehead atoms. The van der Waals surface area contributed by atoms with Gasteiger partial charge in [-0.3, -0.25) is 4.99 Å². The van der Waals surface area contributed by atoms with Crippen LogP contribution in [0.25, 0.3) is 0 Å². The van der Waals surface area contributed by atoms with Crippen LogP contribution in [0.2, 0.25) is 0 Å². The van der Waals surface area contributed by atoms with Crippen LogP contribution >= 0.6 is 24.0 Å². The second-order valence-electron chi connectivity index (χ2n) is 5.26. The minimum Gasteiger partial charge on any atom is -0.352 e. The van der Waals surface area contributed by atoms with E-state index < -0.39 is 0 Å². The van der Waals surface area contributed by atoms with Gasteiger partial charge >= 0.3 is 0 Å². The SMILES string of the molecule is CN=C(NCc1cccc(C)c1)NCc1cccc(C)c1.I. The maximum atomic E-state index is 4.26. The number of hydrogen-bond acceptors (Lipinski definition) is 1. The van der Waals surface area contributed by atoms with E-state index in [2.05, 4.69) is 78.0 Å². The van der Waals surface area contributed by atoms with Gasteiger partial charge < -0.3 is 10.6 Å². The Morgan fingerprint density at radius 3 is 1.68 bits per heavy atom. The fraction of sp³-hybridized carbons (Fsp3) is 0.278. The van der Waals surface area contributed by atoms with E-state index >= 15 is 0 Å². The Kier molecular flexibility index (Phi) is 7.95. The van der Waals surface area contributed by atoms with Crippen molar-refractivity contribution in [1.29, 1.82) is 0 Å². The highest BCUT2D eigenvalue weighted by atomic mass is 127.